The summed E-state index contributed by atoms with van der Waals surface area (Å²) in [6.45, 7) is 2.72. The van der Waals surface area contributed by atoms with Gasteiger partial charge in [-0.3, -0.25) is 0 Å². The van der Waals surface area contributed by atoms with Gasteiger partial charge in [-0.05, 0) is 19.1 Å². The Bertz CT molecular complexity index is 594. The van der Waals surface area contributed by atoms with Crippen LogP contribution in [0.5, 0.6) is 0 Å². The maximum atomic E-state index is 13.9. The van der Waals surface area contributed by atoms with Gasteiger partial charge < -0.3 is 9.64 Å². The average Bonchev–Trinajstić information content (AvgIpc) is 2.41. The lowest BCUT2D eigenvalue weighted by molar-refractivity contribution is 0.178. The van der Waals surface area contributed by atoms with Gasteiger partial charge in [-0.2, -0.15) is 0 Å². The van der Waals surface area contributed by atoms with E-state index in [0.717, 1.165) is 0 Å². The highest BCUT2D eigenvalue weighted by Crippen LogP contribution is 2.27. The van der Waals surface area contributed by atoms with Crippen molar-refractivity contribution in [2.75, 3.05) is 18.6 Å². The summed E-state index contributed by atoms with van der Waals surface area (Å²) in [4.78, 5) is 10.2. The molecule has 0 N–H and O–H groups in total. The lowest BCUT2D eigenvalue weighted by atomic mass is 10.2. The van der Waals surface area contributed by atoms with Crippen molar-refractivity contribution in [3.8, 4) is 0 Å². The van der Waals surface area contributed by atoms with E-state index >= 15 is 0 Å². The van der Waals surface area contributed by atoms with E-state index in [2.05, 4.69) is 9.97 Å². The molecule has 6 heteroatoms. The SMILES string of the molecule is CCN(c1cc(Cl)nc(COC)n1)c1ccccc1F. The Kier molecular flexibility index (Phi) is 4.87. The van der Waals surface area contributed by atoms with Crippen LogP contribution in [0, 0.1) is 5.82 Å². The number of halogens is 2. The highest BCUT2D eigenvalue weighted by atomic mass is 35.5. The minimum absolute atomic E-state index is 0.252. The van der Waals surface area contributed by atoms with Crippen LogP contribution in [0.15, 0.2) is 30.3 Å². The predicted molar refractivity (Wildman–Crippen MR) is 76.8 cm³/mol. The van der Waals surface area contributed by atoms with Crippen molar-refractivity contribution in [3.63, 3.8) is 0 Å². The molecule has 0 radical (unpaired) electrons. The molecule has 0 aliphatic carbocycles. The number of methoxy groups -OCH3 is 1. The maximum Gasteiger partial charge on any atom is 0.158 e. The zero-order valence-corrected chi connectivity index (χ0v) is 12.1. The van der Waals surface area contributed by atoms with Gasteiger partial charge in [-0.25, -0.2) is 14.4 Å². The Balaban J connectivity index is 2.44. The van der Waals surface area contributed by atoms with Gasteiger partial charge in [0.25, 0.3) is 0 Å². The third kappa shape index (κ3) is 3.23. The molecular weight excluding hydrogens is 281 g/mol. The van der Waals surface area contributed by atoms with E-state index < -0.39 is 0 Å². The third-order valence-electron chi connectivity index (χ3n) is 2.74. The molecule has 1 aromatic carbocycles. The van der Waals surface area contributed by atoms with Gasteiger partial charge in [0.05, 0.1) is 5.69 Å². The van der Waals surface area contributed by atoms with Crippen LogP contribution in [0.3, 0.4) is 0 Å². The van der Waals surface area contributed by atoms with Crippen LogP contribution < -0.4 is 4.90 Å². The minimum Gasteiger partial charge on any atom is -0.377 e. The zero-order valence-electron chi connectivity index (χ0n) is 11.3. The molecule has 20 heavy (non-hydrogen) atoms. The molecule has 0 atom stereocenters. The Morgan fingerprint density at radius 2 is 2.05 bits per heavy atom. The average molecular weight is 296 g/mol. The zero-order chi connectivity index (χ0) is 14.5. The second-order valence-electron chi connectivity index (χ2n) is 4.09. The quantitative estimate of drug-likeness (QED) is 0.790. The fraction of sp³-hybridized carbons (Fsp3) is 0.286. The summed E-state index contributed by atoms with van der Waals surface area (Å²) in [5, 5.41) is 0.303. The normalized spacial score (nSPS) is 10.6. The molecule has 0 bridgehead atoms. The van der Waals surface area contributed by atoms with Crippen molar-refractivity contribution < 1.29 is 9.13 Å². The second-order valence-corrected chi connectivity index (χ2v) is 4.48. The summed E-state index contributed by atoms with van der Waals surface area (Å²) < 4.78 is 18.9. The van der Waals surface area contributed by atoms with Gasteiger partial charge in [0.1, 0.15) is 23.4 Å². The second kappa shape index (κ2) is 6.63. The van der Waals surface area contributed by atoms with Gasteiger partial charge in [-0.15, -0.1) is 0 Å². The molecule has 0 spiro atoms. The fourth-order valence-electron chi connectivity index (χ4n) is 1.91. The number of ether oxygens (including phenoxy) is 1. The van der Waals surface area contributed by atoms with Gasteiger partial charge in [0, 0.05) is 19.7 Å². The van der Waals surface area contributed by atoms with Gasteiger partial charge >= 0.3 is 0 Å². The van der Waals surface area contributed by atoms with Gasteiger partial charge in [0.15, 0.2) is 5.82 Å². The topological polar surface area (TPSA) is 38.2 Å². The molecule has 0 unspecified atom stereocenters. The molecule has 0 saturated carbocycles. The molecule has 0 aliphatic rings. The first-order chi connectivity index (χ1) is 9.65. The van der Waals surface area contributed by atoms with Crippen LogP contribution in [-0.4, -0.2) is 23.6 Å². The molecule has 106 valence electrons. The number of para-hydroxylation sites is 1. The van der Waals surface area contributed by atoms with Crippen molar-refractivity contribution in [1.29, 1.82) is 0 Å². The maximum absolute atomic E-state index is 13.9. The third-order valence-corrected chi connectivity index (χ3v) is 2.93. The van der Waals surface area contributed by atoms with Crippen molar-refractivity contribution in [3.05, 3.63) is 47.1 Å². The predicted octanol–water partition coefficient (Wildman–Crippen LogP) is 3.57. The number of hydrogen-bond donors (Lipinski definition) is 0. The first kappa shape index (κ1) is 14.7. The minimum atomic E-state index is -0.308. The first-order valence-corrected chi connectivity index (χ1v) is 6.58. The molecule has 2 rings (SSSR count). The van der Waals surface area contributed by atoms with Crippen molar-refractivity contribution in [1.82, 2.24) is 9.97 Å². The highest BCUT2D eigenvalue weighted by molar-refractivity contribution is 6.29. The van der Waals surface area contributed by atoms with Crippen LogP contribution >= 0.6 is 11.6 Å². The van der Waals surface area contributed by atoms with E-state index in [1.165, 1.54) is 6.07 Å². The molecular formula is C14H15ClFN3O. The largest absolute Gasteiger partial charge is 0.377 e. The fourth-order valence-corrected chi connectivity index (χ4v) is 2.11. The molecule has 0 amide bonds. The molecule has 0 saturated heterocycles. The summed E-state index contributed by atoms with van der Waals surface area (Å²) in [7, 11) is 1.55. The standard InChI is InChI=1S/C14H15ClFN3O/c1-3-19(11-7-5-4-6-10(11)16)14-8-12(15)17-13(18-14)9-20-2/h4-8H,3,9H2,1-2H3. The van der Waals surface area contributed by atoms with E-state index in [1.54, 1.807) is 36.3 Å². The molecule has 0 fully saturated rings. The van der Waals surface area contributed by atoms with Crippen molar-refractivity contribution in [2.45, 2.75) is 13.5 Å². The van der Waals surface area contributed by atoms with Gasteiger partial charge in [0.2, 0.25) is 0 Å². The van der Waals surface area contributed by atoms with E-state index in [1.807, 2.05) is 6.92 Å². The number of aromatic nitrogens is 2. The van der Waals surface area contributed by atoms with Crippen LogP contribution in [0.1, 0.15) is 12.7 Å². The van der Waals surface area contributed by atoms with E-state index in [0.29, 0.717) is 29.0 Å². The molecule has 2 aromatic rings. The molecule has 0 aliphatic heterocycles. The first-order valence-electron chi connectivity index (χ1n) is 6.20. The molecule has 1 aromatic heterocycles. The van der Waals surface area contributed by atoms with Crippen LogP contribution in [0.4, 0.5) is 15.9 Å². The van der Waals surface area contributed by atoms with E-state index in [4.69, 9.17) is 16.3 Å². The monoisotopic (exact) mass is 295 g/mol. The van der Waals surface area contributed by atoms with Crippen molar-refractivity contribution >= 4 is 23.1 Å². The Morgan fingerprint density at radius 3 is 2.70 bits per heavy atom. The number of benzene rings is 1. The lowest BCUT2D eigenvalue weighted by Crippen LogP contribution is -2.19. The summed E-state index contributed by atoms with van der Waals surface area (Å²) in [6, 6.07) is 8.15. The summed E-state index contributed by atoms with van der Waals surface area (Å²) in [5.41, 5.74) is 0.452. The van der Waals surface area contributed by atoms with Crippen LogP contribution in [0.25, 0.3) is 0 Å². The molecule has 1 heterocycles. The highest BCUT2D eigenvalue weighted by Gasteiger charge is 2.14. The summed E-state index contributed by atoms with van der Waals surface area (Å²) in [6.07, 6.45) is 0. The summed E-state index contributed by atoms with van der Waals surface area (Å²) in [5.74, 6) is 0.701. The van der Waals surface area contributed by atoms with Crippen molar-refractivity contribution in [2.24, 2.45) is 0 Å². The van der Waals surface area contributed by atoms with E-state index in [-0.39, 0.29) is 12.4 Å². The van der Waals surface area contributed by atoms with Crippen LogP contribution in [0.2, 0.25) is 5.15 Å². The van der Waals surface area contributed by atoms with Gasteiger partial charge in [-0.1, -0.05) is 23.7 Å². The Morgan fingerprint density at radius 1 is 1.30 bits per heavy atom. The molecule has 4 nitrogen and oxygen atoms in total. The number of hydrogen-bond acceptors (Lipinski definition) is 4. The summed E-state index contributed by atoms with van der Waals surface area (Å²) >= 11 is 5.99. The number of rotatable bonds is 5. The smallest absolute Gasteiger partial charge is 0.158 e. The lowest BCUT2D eigenvalue weighted by Gasteiger charge is -2.23. The van der Waals surface area contributed by atoms with Crippen LogP contribution in [-0.2, 0) is 11.3 Å². The number of nitrogens with zero attached hydrogens (tertiary/aromatic N) is 3. The van der Waals surface area contributed by atoms with E-state index in [9.17, 15) is 4.39 Å². The Hall–Kier alpha value is -1.72. The Labute approximate surface area is 122 Å². The number of anilines is 2.